The number of halogens is 2. The van der Waals surface area contributed by atoms with Crippen molar-refractivity contribution in [2.75, 3.05) is 0 Å². The zero-order valence-corrected chi connectivity index (χ0v) is 12.1. The molecule has 1 radical (unpaired) electrons. The fraction of sp³-hybridized carbons (Fsp3) is 0.308. The number of unbranched alkanes of at least 4 members (excludes halogenated alkanes) is 1. The Bertz CT molecular complexity index is 572. The van der Waals surface area contributed by atoms with Gasteiger partial charge < -0.3 is 3.79 Å². The molecule has 0 bridgehead atoms. The van der Waals surface area contributed by atoms with Crippen LogP contribution in [0.5, 0.6) is 5.75 Å². The molecule has 3 nitrogen and oxygen atoms in total. The molecule has 0 unspecified atom stereocenters. The van der Waals surface area contributed by atoms with E-state index in [4.69, 9.17) is 3.79 Å². The second kappa shape index (κ2) is 6.18. The van der Waals surface area contributed by atoms with Crippen molar-refractivity contribution >= 4 is 16.6 Å². The van der Waals surface area contributed by atoms with Gasteiger partial charge in [-0.25, -0.2) is 13.5 Å². The minimum Gasteiger partial charge on any atom is -0.649 e. The monoisotopic (exact) mass is 279 g/mol. The van der Waals surface area contributed by atoms with Crippen molar-refractivity contribution in [3.05, 3.63) is 41.7 Å². The Morgan fingerprint density at radius 3 is 2.84 bits per heavy atom. The summed E-state index contributed by atoms with van der Waals surface area (Å²) < 4.78 is 33.4. The maximum absolute atomic E-state index is 13.9. The maximum atomic E-state index is 13.9. The molecular formula is C13H14AlF2N2O. The van der Waals surface area contributed by atoms with Crippen molar-refractivity contribution in [3.63, 3.8) is 0 Å². The van der Waals surface area contributed by atoms with Gasteiger partial charge in [0.15, 0.2) is 5.82 Å². The lowest BCUT2D eigenvalue weighted by Crippen LogP contribution is -2.04. The first-order valence-corrected chi connectivity index (χ1v) is 6.69. The molecule has 0 saturated carbocycles. The highest BCUT2D eigenvalue weighted by Gasteiger charge is 2.14. The lowest BCUT2D eigenvalue weighted by atomic mass is 10.2. The second-order valence-electron chi connectivity index (χ2n) is 4.23. The first-order chi connectivity index (χ1) is 9.15. The van der Waals surface area contributed by atoms with Crippen LogP contribution in [-0.4, -0.2) is 26.4 Å². The van der Waals surface area contributed by atoms with Crippen molar-refractivity contribution < 1.29 is 12.6 Å². The molecule has 99 valence electrons. The highest BCUT2D eigenvalue weighted by atomic mass is 27.1. The predicted octanol–water partition coefficient (Wildman–Crippen LogP) is 2.69. The topological polar surface area (TPSA) is 27.1 Å². The Hall–Kier alpha value is -1.38. The SMILES string of the molecule is CCCCc1ccn(-c2c(F)cc(F)cc2[O][AlH])n1. The molecule has 0 aliphatic carbocycles. The van der Waals surface area contributed by atoms with E-state index in [2.05, 4.69) is 12.0 Å². The number of rotatable bonds is 5. The van der Waals surface area contributed by atoms with Crippen LogP contribution >= 0.6 is 0 Å². The average Bonchev–Trinajstić information content (AvgIpc) is 2.83. The van der Waals surface area contributed by atoms with Gasteiger partial charge in [0.2, 0.25) is 0 Å². The lowest BCUT2D eigenvalue weighted by molar-refractivity contribution is 0.537. The molecule has 0 aliphatic heterocycles. The summed E-state index contributed by atoms with van der Waals surface area (Å²) in [6, 6.07) is 3.81. The van der Waals surface area contributed by atoms with Crippen molar-refractivity contribution in [2.45, 2.75) is 26.2 Å². The molecule has 19 heavy (non-hydrogen) atoms. The number of aryl methyl sites for hydroxylation is 1. The van der Waals surface area contributed by atoms with Crippen LogP contribution in [0.15, 0.2) is 24.4 Å². The van der Waals surface area contributed by atoms with Gasteiger partial charge in [-0.1, -0.05) is 13.3 Å². The van der Waals surface area contributed by atoms with Gasteiger partial charge in [0, 0.05) is 18.3 Å². The minimum atomic E-state index is -0.688. The number of aromatic nitrogens is 2. The zero-order chi connectivity index (χ0) is 13.8. The van der Waals surface area contributed by atoms with E-state index in [1.54, 1.807) is 6.20 Å². The lowest BCUT2D eigenvalue weighted by Gasteiger charge is -2.11. The van der Waals surface area contributed by atoms with E-state index in [9.17, 15) is 8.78 Å². The standard InChI is InChI=1S/C13H14F2N2O.Al.H/c1-2-3-4-10-5-6-17(16-10)13-11(15)7-9(14)8-12(13)18;;/h5-8,18H,2-4H2,1H3;;/q;+1;/p-1. The van der Waals surface area contributed by atoms with Crippen LogP contribution in [-0.2, 0) is 6.42 Å². The van der Waals surface area contributed by atoms with Crippen LogP contribution in [0.4, 0.5) is 8.78 Å². The molecule has 0 aliphatic rings. The van der Waals surface area contributed by atoms with Crippen LogP contribution in [0.2, 0.25) is 0 Å². The summed E-state index contributed by atoms with van der Waals surface area (Å²) in [5.74, 6) is -1.21. The maximum Gasteiger partial charge on any atom is 0.494 e. The highest BCUT2D eigenvalue weighted by Crippen LogP contribution is 2.26. The van der Waals surface area contributed by atoms with Gasteiger partial charge in [0.25, 0.3) is 0 Å². The quantitative estimate of drug-likeness (QED) is 0.787. The first-order valence-electron chi connectivity index (χ1n) is 6.11. The van der Waals surface area contributed by atoms with E-state index in [1.165, 1.54) is 21.3 Å². The summed E-state index contributed by atoms with van der Waals surface area (Å²) in [4.78, 5) is 0. The summed E-state index contributed by atoms with van der Waals surface area (Å²) in [5, 5.41) is 4.29. The van der Waals surface area contributed by atoms with Gasteiger partial charge in [-0.05, 0) is 18.9 Å². The van der Waals surface area contributed by atoms with Gasteiger partial charge in [-0.3, -0.25) is 0 Å². The summed E-state index contributed by atoms with van der Waals surface area (Å²) >= 11 is 1.17. The molecule has 0 atom stereocenters. The molecule has 0 N–H and O–H groups in total. The van der Waals surface area contributed by atoms with E-state index in [-0.39, 0.29) is 11.4 Å². The van der Waals surface area contributed by atoms with E-state index in [1.807, 2.05) is 6.07 Å². The molecule has 0 amide bonds. The Morgan fingerprint density at radius 2 is 2.16 bits per heavy atom. The number of benzene rings is 1. The summed E-state index contributed by atoms with van der Waals surface area (Å²) in [7, 11) is 0. The molecule has 2 aromatic rings. The van der Waals surface area contributed by atoms with Gasteiger partial charge in [0.05, 0.1) is 5.69 Å². The number of hydrogen-bond acceptors (Lipinski definition) is 2. The van der Waals surface area contributed by atoms with Crippen LogP contribution in [0.3, 0.4) is 0 Å². The minimum absolute atomic E-state index is 0.138. The van der Waals surface area contributed by atoms with Gasteiger partial charge in [0.1, 0.15) is 17.3 Å². The van der Waals surface area contributed by atoms with Crippen molar-refractivity contribution in [2.24, 2.45) is 0 Å². The summed E-state index contributed by atoms with van der Waals surface area (Å²) in [6.45, 7) is 2.10. The van der Waals surface area contributed by atoms with Gasteiger partial charge in [-0.15, -0.1) is 0 Å². The van der Waals surface area contributed by atoms with E-state index >= 15 is 0 Å². The number of nitrogens with zero attached hydrogens (tertiary/aromatic N) is 2. The Labute approximate surface area is 118 Å². The molecular weight excluding hydrogens is 265 g/mol. The molecule has 0 fully saturated rings. The summed E-state index contributed by atoms with van der Waals surface area (Å²) in [6.07, 6.45) is 4.60. The largest absolute Gasteiger partial charge is 0.649 e. The normalized spacial score (nSPS) is 10.7. The van der Waals surface area contributed by atoms with Crippen molar-refractivity contribution in [3.8, 4) is 11.4 Å². The Balaban J connectivity index is 2.38. The molecule has 0 saturated heterocycles. The van der Waals surface area contributed by atoms with Crippen LogP contribution in [0.1, 0.15) is 25.5 Å². The van der Waals surface area contributed by atoms with Crippen molar-refractivity contribution in [1.29, 1.82) is 0 Å². The molecule has 6 heteroatoms. The van der Waals surface area contributed by atoms with Crippen LogP contribution < -0.4 is 3.79 Å². The number of hydrogen-bond donors (Lipinski definition) is 0. The van der Waals surface area contributed by atoms with E-state index < -0.39 is 11.6 Å². The third kappa shape index (κ3) is 3.14. The third-order valence-electron chi connectivity index (χ3n) is 2.81. The third-order valence-corrected chi connectivity index (χ3v) is 3.12. The Morgan fingerprint density at radius 1 is 1.37 bits per heavy atom. The van der Waals surface area contributed by atoms with Crippen LogP contribution in [0.25, 0.3) is 5.69 Å². The zero-order valence-electron chi connectivity index (χ0n) is 10.7. The highest BCUT2D eigenvalue weighted by molar-refractivity contribution is 6.00. The van der Waals surface area contributed by atoms with E-state index in [0.717, 1.165) is 37.1 Å². The molecule has 1 aromatic heterocycles. The van der Waals surface area contributed by atoms with Gasteiger partial charge >= 0.3 is 16.6 Å². The molecule has 1 heterocycles. The molecule has 2 rings (SSSR count). The fourth-order valence-corrected chi connectivity index (χ4v) is 2.07. The van der Waals surface area contributed by atoms with Gasteiger partial charge in [-0.2, -0.15) is 5.10 Å². The molecule has 1 aromatic carbocycles. The average molecular weight is 279 g/mol. The van der Waals surface area contributed by atoms with Crippen molar-refractivity contribution in [1.82, 2.24) is 9.78 Å². The predicted molar refractivity (Wildman–Crippen MR) is 69.9 cm³/mol. The molecule has 0 spiro atoms. The van der Waals surface area contributed by atoms with Crippen LogP contribution in [0, 0.1) is 11.6 Å². The fourth-order valence-electron chi connectivity index (χ4n) is 1.85. The smallest absolute Gasteiger partial charge is 0.494 e. The Kier molecular flexibility index (Phi) is 4.57. The summed E-state index contributed by atoms with van der Waals surface area (Å²) in [5.41, 5.74) is 1.02. The first kappa shape index (κ1) is 14.0. The second-order valence-corrected chi connectivity index (χ2v) is 4.52. The van der Waals surface area contributed by atoms with E-state index in [0.29, 0.717) is 0 Å².